The van der Waals surface area contributed by atoms with Crippen molar-refractivity contribution in [1.82, 2.24) is 0 Å². The summed E-state index contributed by atoms with van der Waals surface area (Å²) in [7, 11) is 2.20. The van der Waals surface area contributed by atoms with Crippen molar-refractivity contribution in [2.24, 2.45) is 4.40 Å². The predicted molar refractivity (Wildman–Crippen MR) is 174 cm³/mol. The number of fused-ring (bicyclic) bond motifs is 1. The lowest BCUT2D eigenvalue weighted by Crippen LogP contribution is -2.30. The average Bonchev–Trinajstić information content (AvgIpc) is 3.62. The first-order valence-corrected chi connectivity index (χ1v) is 15.9. The molecule has 0 aliphatic carbocycles. The van der Waals surface area contributed by atoms with Crippen LogP contribution < -0.4 is 0 Å². The minimum absolute atomic E-state index is 0.146. The smallest absolute Gasteiger partial charge is 0.233 e. The second-order valence-electron chi connectivity index (χ2n) is 9.57. The van der Waals surface area contributed by atoms with Crippen LogP contribution in [0.3, 0.4) is 0 Å². The summed E-state index contributed by atoms with van der Waals surface area (Å²) in [6.45, 7) is 20.7. The molecule has 5 nitrogen and oxygen atoms in total. The Labute approximate surface area is 243 Å². The lowest BCUT2D eigenvalue weighted by atomic mass is 10.1. The Hall–Kier alpha value is -1.40. The number of ether oxygens (including phenoxy) is 1. The minimum atomic E-state index is 0.146. The number of Topliss-reactive ketones (excluding diaryl/α,β-unsaturated/α-hetero) is 1. The Morgan fingerprint density at radius 3 is 1.71 bits per heavy atom. The molecule has 0 amide bonds. The van der Waals surface area contributed by atoms with Gasteiger partial charge in [0.1, 0.15) is 18.0 Å². The van der Waals surface area contributed by atoms with Crippen LogP contribution >= 0.6 is 12.8 Å². The fourth-order valence-electron chi connectivity index (χ4n) is 3.55. The number of likely N-dealkylation sites (N-methyl/N-ethyl adjacent to an activating group) is 1. The average molecular weight is 555 g/mol. The van der Waals surface area contributed by atoms with Crippen molar-refractivity contribution in [3.63, 3.8) is 0 Å². The number of nitrogens with zero attached hydrogens (tertiary/aromatic N) is 2. The molecule has 6 heteroatoms. The predicted octanol–water partition coefficient (Wildman–Crippen LogP) is 9.93. The van der Waals surface area contributed by atoms with Gasteiger partial charge in [-0.1, -0.05) is 120 Å². The van der Waals surface area contributed by atoms with Gasteiger partial charge in [0, 0.05) is 18.1 Å². The summed E-state index contributed by atoms with van der Waals surface area (Å²) in [5.41, 5.74) is 3.06. The molecule has 0 aromatic carbocycles. The van der Waals surface area contributed by atoms with Gasteiger partial charge >= 0.3 is 0 Å². The number of allylic oxidation sites excluding steroid dienone is 2. The van der Waals surface area contributed by atoms with E-state index in [1.54, 1.807) is 6.92 Å². The van der Waals surface area contributed by atoms with Crippen LogP contribution in [0, 0.1) is 5.41 Å². The van der Waals surface area contributed by atoms with Crippen LogP contribution in [0.2, 0.25) is 0 Å². The Morgan fingerprint density at radius 2 is 1.32 bits per heavy atom. The first-order chi connectivity index (χ1) is 18.3. The molecular formula is C32H64N3O2S+. The van der Waals surface area contributed by atoms with Crippen LogP contribution in [0.1, 0.15) is 139 Å². The molecule has 0 aromatic rings. The lowest BCUT2D eigenvalue weighted by Gasteiger charge is -2.18. The molecule has 38 heavy (non-hydrogen) atoms. The standard InChI is InChI=1S/C15H23N3OS.C9H20.C4H8O.2C2H6/c1-3-4-5-6-9-19-15(16)14(17-20)12-7-8-13-11-18(13,2)10-12;1-3-5-7-9-8-6-4-2;1-3-4(2)5;2*1-2/h7-8,16H,3-6,9-11H2,1-2H3;3-9H2,1-2H3;3H2,1-2H3;2*1-2H3/p+1/b16-15?,17-14-;;;;. The molecule has 2 heterocycles. The van der Waals surface area contributed by atoms with Gasteiger partial charge in [-0.25, -0.2) is 4.40 Å². The fraction of sp³-hybridized carbons (Fsp3) is 0.781. The number of carbonyl (C=O) groups excluding carboxylic acids is 1. The highest BCUT2D eigenvalue weighted by atomic mass is 32.1. The van der Waals surface area contributed by atoms with Crippen molar-refractivity contribution in [3.05, 3.63) is 23.4 Å². The molecule has 1 atom stereocenters. The Morgan fingerprint density at radius 1 is 0.868 bits per heavy atom. The number of ketones is 1. The number of rotatable bonds is 14. The van der Waals surface area contributed by atoms with Crippen LogP contribution in [0.25, 0.3) is 0 Å². The summed E-state index contributed by atoms with van der Waals surface area (Å²) >= 11 is 4.01. The van der Waals surface area contributed by atoms with E-state index in [0.29, 0.717) is 18.7 Å². The van der Waals surface area contributed by atoms with Crippen LogP contribution in [0.5, 0.6) is 0 Å². The zero-order chi connectivity index (χ0) is 29.8. The molecule has 1 fully saturated rings. The Bertz CT molecular complexity index is 680. The Kier molecular flexibility index (Phi) is 30.9. The molecule has 224 valence electrons. The molecule has 0 saturated carbocycles. The second kappa shape index (κ2) is 28.6. The van der Waals surface area contributed by atoms with Crippen molar-refractivity contribution in [3.8, 4) is 0 Å². The lowest BCUT2D eigenvalue weighted by molar-refractivity contribution is -0.751. The third-order valence-corrected chi connectivity index (χ3v) is 6.37. The molecule has 2 rings (SSSR count). The molecule has 0 aromatic heterocycles. The largest absolute Gasteiger partial charge is 0.477 e. The number of thiol groups is 1. The third kappa shape index (κ3) is 21.5. The summed E-state index contributed by atoms with van der Waals surface area (Å²) in [6.07, 6.45) is 19.4. The topological polar surface area (TPSA) is 62.5 Å². The van der Waals surface area contributed by atoms with Crippen molar-refractivity contribution in [2.45, 2.75) is 139 Å². The molecule has 0 bridgehead atoms. The van der Waals surface area contributed by atoms with Crippen LogP contribution in [-0.2, 0) is 9.53 Å². The zero-order valence-corrected chi connectivity index (χ0v) is 27.8. The van der Waals surface area contributed by atoms with Gasteiger partial charge < -0.3 is 9.53 Å². The quantitative estimate of drug-likeness (QED) is 0.0560. The maximum atomic E-state index is 9.81. The summed E-state index contributed by atoms with van der Waals surface area (Å²) in [4.78, 5) is 9.81. The van der Waals surface area contributed by atoms with Crippen LogP contribution in [0.4, 0.5) is 0 Å². The highest BCUT2D eigenvalue weighted by molar-refractivity contribution is 7.79. The van der Waals surface area contributed by atoms with Crippen LogP contribution in [0.15, 0.2) is 27.8 Å². The van der Waals surface area contributed by atoms with E-state index in [9.17, 15) is 4.79 Å². The maximum absolute atomic E-state index is 9.81. The minimum Gasteiger partial charge on any atom is -0.477 e. The van der Waals surface area contributed by atoms with E-state index < -0.39 is 0 Å². The normalized spacial score (nSPS) is 16.7. The molecular weight excluding hydrogens is 490 g/mol. The van der Waals surface area contributed by atoms with Gasteiger partial charge in [-0.2, -0.15) is 0 Å². The number of carbonyl (C=O) groups is 1. The van der Waals surface area contributed by atoms with E-state index in [1.165, 1.54) is 63.5 Å². The summed E-state index contributed by atoms with van der Waals surface area (Å²) in [5, 5.41) is 8.04. The van der Waals surface area contributed by atoms with Crippen molar-refractivity contribution in [1.29, 1.82) is 5.41 Å². The molecule has 2 aliphatic heterocycles. The summed E-state index contributed by atoms with van der Waals surface area (Å²) in [5.74, 6) is 0.401. The molecule has 1 unspecified atom stereocenters. The highest BCUT2D eigenvalue weighted by Gasteiger charge is 2.48. The summed E-state index contributed by atoms with van der Waals surface area (Å²) < 4.78 is 10.4. The fourth-order valence-corrected chi connectivity index (χ4v) is 3.77. The maximum Gasteiger partial charge on any atom is 0.233 e. The number of nitrogens with one attached hydrogen (secondary N) is 1. The van der Waals surface area contributed by atoms with E-state index in [0.717, 1.165) is 36.0 Å². The Balaban J connectivity index is -0.000000567. The summed E-state index contributed by atoms with van der Waals surface area (Å²) in [6, 6.07) is 0. The number of hydrogen-bond donors (Lipinski definition) is 2. The van der Waals surface area contributed by atoms with E-state index in [-0.39, 0.29) is 11.7 Å². The van der Waals surface area contributed by atoms with Crippen LogP contribution in [-0.4, -0.2) is 48.6 Å². The van der Waals surface area contributed by atoms with Gasteiger partial charge in [-0.05, 0) is 32.2 Å². The van der Waals surface area contributed by atoms with E-state index in [4.69, 9.17) is 10.1 Å². The van der Waals surface area contributed by atoms with Crippen molar-refractivity contribution in [2.75, 3.05) is 26.7 Å². The first kappa shape index (κ1) is 41.1. The molecule has 0 radical (unpaired) electrons. The van der Waals surface area contributed by atoms with Gasteiger partial charge in [0.2, 0.25) is 5.90 Å². The van der Waals surface area contributed by atoms with Gasteiger partial charge in [-0.15, -0.1) is 0 Å². The van der Waals surface area contributed by atoms with Gasteiger partial charge in [0.05, 0.1) is 13.7 Å². The molecule has 1 N–H and O–H groups in total. The molecule has 0 spiro atoms. The number of hydrogen-bond acceptors (Lipinski definition) is 5. The van der Waals surface area contributed by atoms with Crippen molar-refractivity contribution >= 4 is 30.2 Å². The molecule has 2 aliphatic rings. The first-order valence-electron chi connectivity index (χ1n) is 15.5. The second-order valence-corrected chi connectivity index (χ2v) is 9.77. The van der Waals surface area contributed by atoms with Crippen molar-refractivity contribution < 1.29 is 14.0 Å². The van der Waals surface area contributed by atoms with Gasteiger partial charge in [0.25, 0.3) is 0 Å². The molecule has 1 saturated heterocycles. The highest BCUT2D eigenvalue weighted by Crippen LogP contribution is 2.37. The number of quaternary nitrogens is 1. The van der Waals surface area contributed by atoms with E-state index in [1.807, 2.05) is 40.7 Å². The van der Waals surface area contributed by atoms with E-state index >= 15 is 0 Å². The SMILES string of the molecule is CC.CC.CCC(C)=O.CCCCCCCCC.CCCCCCOC(=N)/C(=N\S)C1=CC=C2C[N+]2(C)C1. The monoisotopic (exact) mass is 554 g/mol. The van der Waals surface area contributed by atoms with Gasteiger partial charge in [-0.3, -0.25) is 9.89 Å². The zero-order valence-electron chi connectivity index (χ0n) is 26.9. The van der Waals surface area contributed by atoms with Gasteiger partial charge in [0.15, 0.2) is 12.2 Å². The third-order valence-electron chi connectivity index (χ3n) is 6.17. The van der Waals surface area contributed by atoms with E-state index in [2.05, 4.69) is 51.1 Å². The number of unbranched alkanes of at least 4 members (excludes halogenated alkanes) is 9.